The first-order chi connectivity index (χ1) is 6.99. The maximum atomic E-state index is 11.8. The molecule has 1 N–H and O–H groups in total. The van der Waals surface area contributed by atoms with E-state index in [1.807, 2.05) is 0 Å². The number of rotatable bonds is 3. The molecule has 0 saturated heterocycles. The standard InChI is InChI=1S/C9H7Br2F2NO/c10-6-1-5(2-7(11)3-6)9(15)14-4-8(12)13/h1-3,8H,4H2,(H,14,15). The van der Waals surface area contributed by atoms with Crippen molar-refractivity contribution in [3.63, 3.8) is 0 Å². The quantitative estimate of drug-likeness (QED) is 0.897. The minimum Gasteiger partial charge on any atom is -0.346 e. The Labute approximate surface area is 102 Å². The van der Waals surface area contributed by atoms with E-state index in [2.05, 4.69) is 37.2 Å². The zero-order valence-corrected chi connectivity index (χ0v) is 10.6. The third-order valence-electron chi connectivity index (χ3n) is 1.54. The second kappa shape index (κ2) is 5.55. The van der Waals surface area contributed by atoms with Crippen molar-refractivity contribution in [2.75, 3.05) is 6.54 Å². The van der Waals surface area contributed by atoms with Gasteiger partial charge < -0.3 is 5.32 Å². The van der Waals surface area contributed by atoms with Crippen LogP contribution in [0.15, 0.2) is 27.1 Å². The van der Waals surface area contributed by atoms with Gasteiger partial charge in [0, 0.05) is 14.5 Å². The second-order valence-electron chi connectivity index (χ2n) is 2.76. The fraction of sp³-hybridized carbons (Fsp3) is 0.222. The number of halogens is 4. The molecule has 1 aromatic rings. The number of carbonyl (C=O) groups is 1. The predicted octanol–water partition coefficient (Wildman–Crippen LogP) is 3.21. The van der Waals surface area contributed by atoms with Gasteiger partial charge in [0.25, 0.3) is 12.3 Å². The summed E-state index contributed by atoms with van der Waals surface area (Å²) in [5.41, 5.74) is 0.330. The van der Waals surface area contributed by atoms with Crippen LogP contribution in [0.4, 0.5) is 8.78 Å². The first-order valence-electron chi connectivity index (χ1n) is 4.01. The molecule has 1 aromatic carbocycles. The number of amides is 1. The number of hydrogen-bond acceptors (Lipinski definition) is 1. The van der Waals surface area contributed by atoms with Gasteiger partial charge in [-0.25, -0.2) is 8.78 Å². The minimum atomic E-state index is -2.54. The molecule has 6 heteroatoms. The summed E-state index contributed by atoms with van der Waals surface area (Å²) < 4.78 is 25.1. The van der Waals surface area contributed by atoms with Crippen molar-refractivity contribution >= 4 is 37.8 Å². The Morgan fingerprint density at radius 3 is 2.27 bits per heavy atom. The number of alkyl halides is 2. The van der Waals surface area contributed by atoms with Crippen molar-refractivity contribution in [2.45, 2.75) is 6.43 Å². The Bertz CT molecular complexity index is 351. The zero-order chi connectivity index (χ0) is 11.4. The van der Waals surface area contributed by atoms with Crippen LogP contribution in [0.5, 0.6) is 0 Å². The van der Waals surface area contributed by atoms with Crippen LogP contribution in [0.3, 0.4) is 0 Å². The molecule has 0 radical (unpaired) electrons. The first kappa shape index (κ1) is 12.6. The maximum Gasteiger partial charge on any atom is 0.255 e. The normalized spacial score (nSPS) is 10.5. The van der Waals surface area contributed by atoms with Crippen molar-refractivity contribution in [3.8, 4) is 0 Å². The van der Waals surface area contributed by atoms with Crippen LogP contribution < -0.4 is 5.32 Å². The zero-order valence-electron chi connectivity index (χ0n) is 7.44. The molecule has 0 aliphatic carbocycles. The van der Waals surface area contributed by atoms with Gasteiger partial charge in [0.05, 0.1) is 6.54 Å². The van der Waals surface area contributed by atoms with Gasteiger partial charge in [-0.1, -0.05) is 31.9 Å². The fourth-order valence-electron chi connectivity index (χ4n) is 0.957. The lowest BCUT2D eigenvalue weighted by Gasteiger charge is -2.05. The average Bonchev–Trinajstić information content (AvgIpc) is 2.12. The van der Waals surface area contributed by atoms with Crippen molar-refractivity contribution < 1.29 is 13.6 Å². The van der Waals surface area contributed by atoms with Crippen LogP contribution in [-0.4, -0.2) is 18.9 Å². The summed E-state index contributed by atoms with van der Waals surface area (Å²) in [6.07, 6.45) is -2.54. The molecule has 1 rings (SSSR count). The average molecular weight is 343 g/mol. The van der Waals surface area contributed by atoms with Gasteiger partial charge in [0.15, 0.2) is 0 Å². The molecule has 0 spiro atoms. The van der Waals surface area contributed by atoms with Gasteiger partial charge in [-0.3, -0.25) is 4.79 Å². The lowest BCUT2D eigenvalue weighted by atomic mass is 10.2. The molecule has 82 valence electrons. The summed E-state index contributed by atoms with van der Waals surface area (Å²) in [7, 11) is 0. The maximum absolute atomic E-state index is 11.8. The van der Waals surface area contributed by atoms with Crippen LogP contribution in [0.25, 0.3) is 0 Å². The van der Waals surface area contributed by atoms with Gasteiger partial charge in [-0.2, -0.15) is 0 Å². The minimum absolute atomic E-state index is 0.330. The van der Waals surface area contributed by atoms with E-state index in [9.17, 15) is 13.6 Å². The monoisotopic (exact) mass is 341 g/mol. The van der Waals surface area contributed by atoms with Gasteiger partial charge in [-0.05, 0) is 18.2 Å². The van der Waals surface area contributed by atoms with Gasteiger partial charge in [-0.15, -0.1) is 0 Å². The van der Waals surface area contributed by atoms with Crippen molar-refractivity contribution in [2.24, 2.45) is 0 Å². The highest BCUT2D eigenvalue weighted by molar-refractivity contribution is 9.11. The summed E-state index contributed by atoms with van der Waals surface area (Å²) >= 11 is 6.41. The lowest BCUT2D eigenvalue weighted by molar-refractivity contribution is 0.0891. The number of nitrogens with one attached hydrogen (secondary N) is 1. The Morgan fingerprint density at radius 1 is 1.27 bits per heavy atom. The third kappa shape index (κ3) is 4.25. The molecule has 0 unspecified atom stereocenters. The molecule has 0 bridgehead atoms. The molecule has 0 aromatic heterocycles. The second-order valence-corrected chi connectivity index (χ2v) is 4.59. The molecule has 1 amide bonds. The molecule has 0 saturated carbocycles. The molecule has 0 aliphatic heterocycles. The van der Waals surface area contributed by atoms with Gasteiger partial charge in [0.2, 0.25) is 0 Å². The van der Waals surface area contributed by atoms with Crippen molar-refractivity contribution in [3.05, 3.63) is 32.7 Å². The number of benzene rings is 1. The molecular formula is C9H7Br2F2NO. The summed E-state index contributed by atoms with van der Waals surface area (Å²) in [5.74, 6) is -0.516. The molecule has 0 atom stereocenters. The van der Waals surface area contributed by atoms with Crippen LogP contribution >= 0.6 is 31.9 Å². The molecule has 2 nitrogen and oxygen atoms in total. The van der Waals surface area contributed by atoms with Crippen LogP contribution in [0.1, 0.15) is 10.4 Å². The molecule has 15 heavy (non-hydrogen) atoms. The van der Waals surface area contributed by atoms with Gasteiger partial charge >= 0.3 is 0 Å². The highest BCUT2D eigenvalue weighted by Gasteiger charge is 2.09. The van der Waals surface area contributed by atoms with E-state index in [-0.39, 0.29) is 0 Å². The van der Waals surface area contributed by atoms with E-state index >= 15 is 0 Å². The van der Waals surface area contributed by atoms with E-state index in [0.29, 0.717) is 14.5 Å². The molecule has 0 fully saturated rings. The molecule has 0 heterocycles. The number of carbonyl (C=O) groups excluding carboxylic acids is 1. The highest BCUT2D eigenvalue weighted by Crippen LogP contribution is 2.19. The predicted molar refractivity (Wildman–Crippen MR) is 60.2 cm³/mol. The van der Waals surface area contributed by atoms with Crippen molar-refractivity contribution in [1.82, 2.24) is 5.32 Å². The SMILES string of the molecule is O=C(NCC(F)F)c1cc(Br)cc(Br)c1. The van der Waals surface area contributed by atoms with E-state index in [1.165, 1.54) is 0 Å². The summed E-state index contributed by atoms with van der Waals surface area (Å²) in [6, 6.07) is 4.88. The molecule has 0 aliphatic rings. The summed E-state index contributed by atoms with van der Waals surface area (Å²) in [4.78, 5) is 11.4. The lowest BCUT2D eigenvalue weighted by Crippen LogP contribution is -2.28. The Kier molecular flexibility index (Phi) is 4.66. The van der Waals surface area contributed by atoms with E-state index in [0.717, 1.165) is 0 Å². The number of hydrogen-bond donors (Lipinski definition) is 1. The van der Waals surface area contributed by atoms with E-state index < -0.39 is 18.9 Å². The van der Waals surface area contributed by atoms with E-state index in [4.69, 9.17) is 0 Å². The van der Waals surface area contributed by atoms with Crippen LogP contribution in [0, 0.1) is 0 Å². The van der Waals surface area contributed by atoms with E-state index in [1.54, 1.807) is 18.2 Å². The third-order valence-corrected chi connectivity index (χ3v) is 2.46. The van der Waals surface area contributed by atoms with Gasteiger partial charge in [0.1, 0.15) is 0 Å². The Balaban J connectivity index is 2.73. The molecular weight excluding hydrogens is 336 g/mol. The Morgan fingerprint density at radius 2 is 1.80 bits per heavy atom. The Hall–Kier alpha value is -0.490. The highest BCUT2D eigenvalue weighted by atomic mass is 79.9. The summed E-state index contributed by atoms with van der Waals surface area (Å²) in [6.45, 7) is -0.636. The van der Waals surface area contributed by atoms with Crippen LogP contribution in [0.2, 0.25) is 0 Å². The van der Waals surface area contributed by atoms with Crippen molar-refractivity contribution in [1.29, 1.82) is 0 Å². The fourth-order valence-corrected chi connectivity index (χ4v) is 2.25. The summed E-state index contributed by atoms with van der Waals surface area (Å²) in [5, 5.41) is 2.12. The topological polar surface area (TPSA) is 29.1 Å². The first-order valence-corrected chi connectivity index (χ1v) is 5.60. The smallest absolute Gasteiger partial charge is 0.255 e. The van der Waals surface area contributed by atoms with Crippen LogP contribution in [-0.2, 0) is 0 Å². The largest absolute Gasteiger partial charge is 0.346 e.